The molecule has 0 aromatic carbocycles. The number of hydrogen-bond acceptors (Lipinski definition) is 5. The van der Waals surface area contributed by atoms with Gasteiger partial charge in [0.25, 0.3) is 5.91 Å². The van der Waals surface area contributed by atoms with Crippen molar-refractivity contribution < 1.29 is 9.63 Å². The van der Waals surface area contributed by atoms with Crippen LogP contribution >= 0.6 is 0 Å². The van der Waals surface area contributed by atoms with E-state index in [0.29, 0.717) is 5.95 Å². The second kappa shape index (κ2) is 6.30. The van der Waals surface area contributed by atoms with Gasteiger partial charge in [-0.1, -0.05) is 12.8 Å². The Hall–Kier alpha value is -1.69. The second-order valence-electron chi connectivity index (χ2n) is 4.45. The number of carbonyl (C=O) groups excluding carboxylic acids is 1. The van der Waals surface area contributed by atoms with Gasteiger partial charge < -0.3 is 4.90 Å². The molecule has 1 fully saturated rings. The van der Waals surface area contributed by atoms with Crippen molar-refractivity contribution in [2.45, 2.75) is 31.8 Å². The van der Waals surface area contributed by atoms with Crippen molar-refractivity contribution in [2.75, 3.05) is 18.5 Å². The Bertz CT molecular complexity index is 379. The van der Waals surface area contributed by atoms with E-state index in [0.717, 1.165) is 12.8 Å². The lowest BCUT2D eigenvalue weighted by molar-refractivity contribution is -0.136. The molecule has 1 amide bonds. The molecule has 0 aliphatic heterocycles. The zero-order chi connectivity index (χ0) is 12.8. The van der Waals surface area contributed by atoms with E-state index in [1.165, 1.54) is 12.8 Å². The van der Waals surface area contributed by atoms with E-state index in [4.69, 9.17) is 4.84 Å². The van der Waals surface area contributed by atoms with E-state index in [-0.39, 0.29) is 18.6 Å². The molecule has 1 aromatic rings. The summed E-state index contributed by atoms with van der Waals surface area (Å²) < 4.78 is 0. The van der Waals surface area contributed by atoms with Crippen LogP contribution in [0.3, 0.4) is 0 Å². The monoisotopic (exact) mass is 250 g/mol. The molecule has 18 heavy (non-hydrogen) atoms. The third kappa shape index (κ3) is 3.66. The number of nitrogens with one attached hydrogen (secondary N) is 1. The molecule has 1 aliphatic rings. The first-order valence-corrected chi connectivity index (χ1v) is 6.18. The highest BCUT2D eigenvalue weighted by atomic mass is 16.7. The highest BCUT2D eigenvalue weighted by Crippen LogP contribution is 2.19. The molecule has 1 N–H and O–H groups in total. The van der Waals surface area contributed by atoms with Gasteiger partial charge in [-0.25, -0.2) is 15.4 Å². The highest BCUT2D eigenvalue weighted by molar-refractivity contribution is 5.79. The number of likely N-dealkylation sites (N-methyl/N-ethyl adjacent to an activating group) is 1. The van der Waals surface area contributed by atoms with Crippen molar-refractivity contribution in [3.05, 3.63) is 18.5 Å². The standard InChI is InChI=1S/C12H18N4O2/c1-16(12-13-7-4-8-14-12)9-11(17)15-18-10-5-2-3-6-10/h4,7-8,10H,2-3,5-6,9H2,1H3,(H,15,17). The zero-order valence-corrected chi connectivity index (χ0v) is 10.5. The predicted molar refractivity (Wildman–Crippen MR) is 66.8 cm³/mol. The first-order valence-electron chi connectivity index (χ1n) is 6.18. The van der Waals surface area contributed by atoms with E-state index >= 15 is 0 Å². The number of aromatic nitrogens is 2. The van der Waals surface area contributed by atoms with E-state index < -0.39 is 0 Å². The summed E-state index contributed by atoms with van der Waals surface area (Å²) in [6.07, 6.45) is 7.87. The van der Waals surface area contributed by atoms with Crippen molar-refractivity contribution in [1.29, 1.82) is 0 Å². The summed E-state index contributed by atoms with van der Waals surface area (Å²) in [6, 6.07) is 1.74. The number of anilines is 1. The van der Waals surface area contributed by atoms with Gasteiger partial charge in [0.05, 0.1) is 6.10 Å². The predicted octanol–water partition coefficient (Wildman–Crippen LogP) is 0.903. The molecule has 2 rings (SSSR count). The normalized spacial score (nSPS) is 15.6. The molecule has 6 heteroatoms. The van der Waals surface area contributed by atoms with Crippen LogP contribution in [0.25, 0.3) is 0 Å². The molecule has 1 aliphatic carbocycles. The summed E-state index contributed by atoms with van der Waals surface area (Å²) in [5.41, 5.74) is 2.49. The lowest BCUT2D eigenvalue weighted by Gasteiger charge is -2.17. The van der Waals surface area contributed by atoms with Crippen LogP contribution in [0.5, 0.6) is 0 Å². The van der Waals surface area contributed by atoms with E-state index in [2.05, 4.69) is 15.4 Å². The maximum Gasteiger partial charge on any atom is 0.263 e. The van der Waals surface area contributed by atoms with Crippen molar-refractivity contribution in [3.63, 3.8) is 0 Å². The Balaban J connectivity index is 1.73. The van der Waals surface area contributed by atoms with Gasteiger partial charge in [-0.3, -0.25) is 9.63 Å². The van der Waals surface area contributed by atoms with Crippen LogP contribution in [0.4, 0.5) is 5.95 Å². The van der Waals surface area contributed by atoms with E-state index in [1.807, 2.05) is 0 Å². The summed E-state index contributed by atoms with van der Waals surface area (Å²) in [5, 5.41) is 0. The fourth-order valence-corrected chi connectivity index (χ4v) is 1.96. The van der Waals surface area contributed by atoms with Gasteiger partial charge in [0, 0.05) is 19.4 Å². The molecule has 1 aromatic heterocycles. The zero-order valence-electron chi connectivity index (χ0n) is 10.5. The molecule has 0 spiro atoms. The van der Waals surface area contributed by atoms with Crippen molar-refractivity contribution in [2.24, 2.45) is 0 Å². The Kier molecular flexibility index (Phi) is 4.46. The largest absolute Gasteiger partial charge is 0.334 e. The topological polar surface area (TPSA) is 67.4 Å². The number of carbonyl (C=O) groups is 1. The molecular weight excluding hydrogens is 232 g/mol. The first-order chi connectivity index (χ1) is 8.75. The fraction of sp³-hybridized carbons (Fsp3) is 0.583. The summed E-state index contributed by atoms with van der Waals surface area (Å²) in [4.78, 5) is 26.8. The van der Waals surface area contributed by atoms with Gasteiger partial charge in [-0.2, -0.15) is 0 Å². The lowest BCUT2D eigenvalue weighted by atomic mass is 10.3. The number of nitrogens with zero attached hydrogens (tertiary/aromatic N) is 3. The van der Waals surface area contributed by atoms with Crippen LogP contribution in [-0.4, -0.2) is 35.6 Å². The molecule has 0 radical (unpaired) electrons. The molecule has 0 atom stereocenters. The van der Waals surface area contributed by atoms with Crippen molar-refractivity contribution in [3.8, 4) is 0 Å². The summed E-state index contributed by atoms with van der Waals surface area (Å²) in [5.74, 6) is 0.338. The van der Waals surface area contributed by atoms with Crippen LogP contribution in [0.1, 0.15) is 25.7 Å². The minimum absolute atomic E-state index is 0.173. The van der Waals surface area contributed by atoms with Crippen LogP contribution in [0.2, 0.25) is 0 Å². The summed E-state index contributed by atoms with van der Waals surface area (Å²) in [6.45, 7) is 0.177. The van der Waals surface area contributed by atoms with Crippen LogP contribution < -0.4 is 10.4 Å². The Morgan fingerprint density at radius 2 is 2.11 bits per heavy atom. The van der Waals surface area contributed by atoms with Crippen molar-refractivity contribution >= 4 is 11.9 Å². The third-order valence-electron chi connectivity index (χ3n) is 2.92. The average molecular weight is 250 g/mol. The van der Waals surface area contributed by atoms with Crippen molar-refractivity contribution in [1.82, 2.24) is 15.4 Å². The number of rotatable bonds is 5. The Morgan fingerprint density at radius 3 is 2.78 bits per heavy atom. The molecule has 98 valence electrons. The van der Waals surface area contributed by atoms with E-state index in [9.17, 15) is 4.79 Å². The highest BCUT2D eigenvalue weighted by Gasteiger charge is 2.17. The lowest BCUT2D eigenvalue weighted by Crippen LogP contribution is -2.37. The molecule has 6 nitrogen and oxygen atoms in total. The minimum atomic E-state index is -0.183. The fourth-order valence-electron chi connectivity index (χ4n) is 1.96. The van der Waals surface area contributed by atoms with Crippen LogP contribution in [0, 0.1) is 0 Å². The summed E-state index contributed by atoms with van der Waals surface area (Å²) >= 11 is 0. The first kappa shape index (κ1) is 12.8. The number of amides is 1. The van der Waals surface area contributed by atoms with Gasteiger partial charge in [0.15, 0.2) is 0 Å². The molecule has 0 saturated heterocycles. The molecule has 1 heterocycles. The maximum absolute atomic E-state index is 11.7. The van der Waals surface area contributed by atoms with E-state index in [1.54, 1.807) is 30.4 Å². The quantitative estimate of drug-likeness (QED) is 0.786. The SMILES string of the molecule is CN(CC(=O)NOC1CCCC1)c1ncccn1. The number of hydroxylamine groups is 1. The third-order valence-corrected chi connectivity index (χ3v) is 2.92. The Morgan fingerprint density at radius 1 is 1.44 bits per heavy atom. The smallest absolute Gasteiger partial charge is 0.263 e. The van der Waals surface area contributed by atoms with Gasteiger partial charge in [0.2, 0.25) is 5.95 Å². The Labute approximate surface area is 106 Å². The van der Waals surface area contributed by atoms with Gasteiger partial charge >= 0.3 is 0 Å². The van der Waals surface area contributed by atoms with Gasteiger partial charge in [-0.15, -0.1) is 0 Å². The summed E-state index contributed by atoms with van der Waals surface area (Å²) in [7, 11) is 1.77. The maximum atomic E-state index is 11.7. The molecule has 0 bridgehead atoms. The molecule has 0 unspecified atom stereocenters. The molecular formula is C12H18N4O2. The van der Waals surface area contributed by atoms with Crippen LogP contribution in [0.15, 0.2) is 18.5 Å². The van der Waals surface area contributed by atoms with Gasteiger partial charge in [0.1, 0.15) is 6.54 Å². The van der Waals surface area contributed by atoms with Crippen LogP contribution in [-0.2, 0) is 9.63 Å². The number of hydrogen-bond donors (Lipinski definition) is 1. The van der Waals surface area contributed by atoms with Gasteiger partial charge in [-0.05, 0) is 18.9 Å². The molecule has 1 saturated carbocycles. The second-order valence-corrected chi connectivity index (χ2v) is 4.45. The average Bonchev–Trinajstić information content (AvgIpc) is 2.90. The minimum Gasteiger partial charge on any atom is -0.334 e.